The summed E-state index contributed by atoms with van der Waals surface area (Å²) < 4.78 is 15.9. The molecule has 3 rings (SSSR count). The molecule has 1 aliphatic heterocycles. The van der Waals surface area contributed by atoms with Crippen LogP contribution in [0.2, 0.25) is 0 Å². The van der Waals surface area contributed by atoms with Crippen molar-refractivity contribution in [1.29, 1.82) is 0 Å². The molecule has 1 aromatic carbocycles. The van der Waals surface area contributed by atoms with Crippen molar-refractivity contribution in [1.82, 2.24) is 9.97 Å². The highest BCUT2D eigenvalue weighted by atomic mass is 16.6. The Morgan fingerprint density at radius 2 is 1.86 bits per heavy atom. The summed E-state index contributed by atoms with van der Waals surface area (Å²) >= 11 is 0. The fraction of sp³-hybridized carbons (Fsp3) is 0.444. The Morgan fingerprint density at radius 1 is 1.18 bits per heavy atom. The number of hydrogen-bond acceptors (Lipinski definition) is 9. The second-order valence-electron chi connectivity index (χ2n) is 6.15. The van der Waals surface area contributed by atoms with Crippen LogP contribution in [0.5, 0.6) is 11.5 Å². The molecule has 1 N–H and O–H groups in total. The average Bonchev–Trinajstić information content (AvgIpc) is 2.73. The lowest BCUT2D eigenvalue weighted by molar-refractivity contribution is -0.383. The molecule has 0 amide bonds. The first kappa shape index (κ1) is 19.6. The van der Waals surface area contributed by atoms with Crippen LogP contribution in [0.15, 0.2) is 24.5 Å². The highest BCUT2D eigenvalue weighted by Crippen LogP contribution is 2.32. The monoisotopic (exact) mass is 389 g/mol. The molecule has 10 heteroatoms. The molecule has 0 bridgehead atoms. The molecule has 1 aromatic heterocycles. The first-order chi connectivity index (χ1) is 13.6. The maximum atomic E-state index is 11.7. The fourth-order valence-corrected chi connectivity index (χ4v) is 3.01. The summed E-state index contributed by atoms with van der Waals surface area (Å²) in [5, 5.41) is 14.7. The lowest BCUT2D eigenvalue weighted by Gasteiger charge is -2.27. The first-order valence-electron chi connectivity index (χ1n) is 8.90. The number of anilines is 2. The molecule has 0 spiro atoms. The summed E-state index contributed by atoms with van der Waals surface area (Å²) in [6, 6.07) is 5.59. The Labute approximate surface area is 162 Å². The van der Waals surface area contributed by atoms with Crippen LogP contribution in [0.25, 0.3) is 0 Å². The third-order valence-corrected chi connectivity index (χ3v) is 4.41. The van der Waals surface area contributed by atoms with E-state index in [0.717, 1.165) is 5.56 Å². The summed E-state index contributed by atoms with van der Waals surface area (Å²) in [6.07, 6.45) is 1.95. The van der Waals surface area contributed by atoms with Gasteiger partial charge in [0.1, 0.15) is 17.8 Å². The van der Waals surface area contributed by atoms with E-state index in [-0.39, 0.29) is 11.5 Å². The number of benzene rings is 1. The van der Waals surface area contributed by atoms with Crippen molar-refractivity contribution in [3.63, 3.8) is 0 Å². The third kappa shape index (κ3) is 4.58. The van der Waals surface area contributed by atoms with Gasteiger partial charge in [-0.3, -0.25) is 10.1 Å². The van der Waals surface area contributed by atoms with E-state index in [1.165, 1.54) is 6.33 Å². The zero-order valence-electron chi connectivity index (χ0n) is 15.9. The van der Waals surface area contributed by atoms with E-state index in [4.69, 9.17) is 14.2 Å². The first-order valence-corrected chi connectivity index (χ1v) is 8.90. The Balaban J connectivity index is 1.74. The largest absolute Gasteiger partial charge is 0.497 e. The fourth-order valence-electron chi connectivity index (χ4n) is 3.01. The van der Waals surface area contributed by atoms with Gasteiger partial charge in [0, 0.05) is 25.7 Å². The highest BCUT2D eigenvalue weighted by molar-refractivity contribution is 5.70. The van der Waals surface area contributed by atoms with E-state index in [9.17, 15) is 10.1 Å². The van der Waals surface area contributed by atoms with Crippen molar-refractivity contribution < 1.29 is 19.1 Å². The predicted molar refractivity (Wildman–Crippen MR) is 103 cm³/mol. The summed E-state index contributed by atoms with van der Waals surface area (Å²) in [5.41, 5.74) is 0.862. The van der Waals surface area contributed by atoms with Gasteiger partial charge in [-0.15, -0.1) is 0 Å². The second-order valence-corrected chi connectivity index (χ2v) is 6.15. The third-order valence-electron chi connectivity index (χ3n) is 4.41. The molecular weight excluding hydrogens is 366 g/mol. The molecule has 28 heavy (non-hydrogen) atoms. The molecule has 2 aromatic rings. The molecule has 150 valence electrons. The van der Waals surface area contributed by atoms with Crippen LogP contribution in [0.3, 0.4) is 0 Å². The van der Waals surface area contributed by atoms with Gasteiger partial charge < -0.3 is 24.4 Å². The van der Waals surface area contributed by atoms with Crippen LogP contribution in [-0.4, -0.2) is 62.0 Å². The van der Waals surface area contributed by atoms with E-state index in [0.29, 0.717) is 56.6 Å². The maximum Gasteiger partial charge on any atom is 0.353 e. The Morgan fingerprint density at radius 3 is 2.46 bits per heavy atom. The molecule has 0 unspecified atom stereocenters. The number of nitrogens with one attached hydrogen (secondary N) is 1. The standard InChI is InChI=1S/C18H23N5O5/c1-26-14-9-13(10-15(11-14)27-2)3-4-19-17-16(23(24)25)18(21-12-20-17)22-5-7-28-8-6-22/h9-12H,3-8H2,1-2H3,(H,19,20,21). The lowest BCUT2D eigenvalue weighted by atomic mass is 10.1. The van der Waals surface area contributed by atoms with Crippen LogP contribution in [0, 0.1) is 10.1 Å². The van der Waals surface area contributed by atoms with Gasteiger partial charge in [0.25, 0.3) is 0 Å². The van der Waals surface area contributed by atoms with E-state index >= 15 is 0 Å². The van der Waals surface area contributed by atoms with Crippen molar-refractivity contribution in [2.45, 2.75) is 6.42 Å². The maximum absolute atomic E-state index is 11.7. The molecule has 1 aliphatic rings. The minimum atomic E-state index is -0.443. The summed E-state index contributed by atoms with van der Waals surface area (Å²) in [4.78, 5) is 21.3. The Hall–Kier alpha value is -3.14. The SMILES string of the molecule is COc1cc(CCNc2ncnc(N3CCOCC3)c2[N+](=O)[O-])cc(OC)c1. The topological polar surface area (TPSA) is 112 Å². The van der Waals surface area contributed by atoms with Gasteiger partial charge in [-0.2, -0.15) is 0 Å². The van der Waals surface area contributed by atoms with Gasteiger partial charge in [0.15, 0.2) is 0 Å². The van der Waals surface area contributed by atoms with Crippen molar-refractivity contribution in [2.75, 3.05) is 57.3 Å². The minimum absolute atomic E-state index is 0.118. The number of morpholine rings is 1. The number of nitrogens with zero attached hydrogens (tertiary/aromatic N) is 4. The zero-order valence-corrected chi connectivity index (χ0v) is 15.9. The summed E-state index contributed by atoms with van der Waals surface area (Å²) in [6.45, 7) is 2.60. The van der Waals surface area contributed by atoms with Gasteiger partial charge >= 0.3 is 5.69 Å². The number of ether oxygens (including phenoxy) is 3. The van der Waals surface area contributed by atoms with Crippen LogP contribution >= 0.6 is 0 Å². The molecule has 1 saturated heterocycles. The van der Waals surface area contributed by atoms with Crippen LogP contribution < -0.4 is 19.7 Å². The van der Waals surface area contributed by atoms with Gasteiger partial charge in [0.2, 0.25) is 11.6 Å². The van der Waals surface area contributed by atoms with Gasteiger partial charge in [-0.05, 0) is 24.1 Å². The number of hydrogen-bond donors (Lipinski definition) is 1. The van der Waals surface area contributed by atoms with Gasteiger partial charge in [0.05, 0.1) is 32.4 Å². The molecule has 0 saturated carbocycles. The van der Waals surface area contributed by atoms with Crippen LogP contribution in [0.1, 0.15) is 5.56 Å². The number of aromatic nitrogens is 2. The van der Waals surface area contributed by atoms with Crippen molar-refractivity contribution in [3.05, 3.63) is 40.2 Å². The van der Waals surface area contributed by atoms with E-state index in [2.05, 4.69) is 15.3 Å². The predicted octanol–water partition coefficient (Wildman–Crippen LogP) is 1.89. The number of nitro groups is 1. The molecule has 0 radical (unpaired) electrons. The lowest BCUT2D eigenvalue weighted by Crippen LogP contribution is -2.37. The quantitative estimate of drug-likeness (QED) is 0.534. The number of rotatable bonds is 8. The van der Waals surface area contributed by atoms with E-state index in [1.807, 2.05) is 17.0 Å². The van der Waals surface area contributed by atoms with Crippen molar-refractivity contribution in [2.24, 2.45) is 0 Å². The molecule has 0 aliphatic carbocycles. The molecule has 1 fully saturated rings. The Bertz CT molecular complexity index is 804. The second kappa shape index (κ2) is 9.18. The van der Waals surface area contributed by atoms with Gasteiger partial charge in [-0.1, -0.05) is 0 Å². The minimum Gasteiger partial charge on any atom is -0.497 e. The molecule has 2 heterocycles. The summed E-state index contributed by atoms with van der Waals surface area (Å²) in [5.74, 6) is 1.90. The summed E-state index contributed by atoms with van der Waals surface area (Å²) in [7, 11) is 3.18. The Kier molecular flexibility index (Phi) is 6.43. The van der Waals surface area contributed by atoms with Crippen molar-refractivity contribution >= 4 is 17.3 Å². The number of methoxy groups -OCH3 is 2. The van der Waals surface area contributed by atoms with Crippen LogP contribution in [0.4, 0.5) is 17.3 Å². The molecule has 0 atom stereocenters. The zero-order chi connectivity index (χ0) is 19.9. The normalized spacial score (nSPS) is 13.9. The van der Waals surface area contributed by atoms with Crippen LogP contribution in [-0.2, 0) is 11.2 Å². The van der Waals surface area contributed by atoms with Gasteiger partial charge in [-0.25, -0.2) is 9.97 Å². The molecule has 10 nitrogen and oxygen atoms in total. The van der Waals surface area contributed by atoms with E-state index in [1.54, 1.807) is 20.3 Å². The van der Waals surface area contributed by atoms with E-state index < -0.39 is 4.92 Å². The smallest absolute Gasteiger partial charge is 0.353 e. The molecular formula is C18H23N5O5. The average molecular weight is 389 g/mol. The van der Waals surface area contributed by atoms with Crippen molar-refractivity contribution in [3.8, 4) is 11.5 Å². The highest BCUT2D eigenvalue weighted by Gasteiger charge is 2.27.